The number of halogens is 18. The van der Waals surface area contributed by atoms with Crippen LogP contribution in [-0.2, 0) is 0 Å². The van der Waals surface area contributed by atoms with E-state index >= 15 is 0 Å². The summed E-state index contributed by atoms with van der Waals surface area (Å²) in [6.45, 7) is 0. The first kappa shape index (κ1) is 30.8. The molecule has 0 unspecified atom stereocenters. The summed E-state index contributed by atoms with van der Waals surface area (Å²) in [5.74, 6) is 0. The van der Waals surface area contributed by atoms with Crippen LogP contribution in [-0.4, -0.2) is 59.9 Å². The summed E-state index contributed by atoms with van der Waals surface area (Å²) in [6.07, 6.45) is 0. The molecule has 0 amide bonds. The van der Waals surface area contributed by atoms with E-state index in [0.717, 1.165) is 0 Å². The largest absolute Gasteiger partial charge is 3.00 e. The van der Waals surface area contributed by atoms with Gasteiger partial charge in [0.2, 0.25) is 0 Å². The minimum Gasteiger partial charge on any atom is 3.00 e. The maximum absolute atomic E-state index is 11.1. The van der Waals surface area contributed by atoms with Crippen molar-refractivity contribution in [3.05, 3.63) is 0 Å². The van der Waals surface area contributed by atoms with Crippen molar-refractivity contribution in [1.82, 2.24) is 0 Å². The zero-order chi connectivity index (χ0) is 19.2. The van der Waals surface area contributed by atoms with Gasteiger partial charge < -0.3 is 0 Å². The van der Waals surface area contributed by atoms with Gasteiger partial charge >= 0.3 is 122 Å². The summed E-state index contributed by atoms with van der Waals surface area (Å²) in [6, 6.07) is 0. The second-order valence-corrected chi connectivity index (χ2v) is 14.9. The molecule has 144 valence electrons. The second-order valence-electron chi connectivity index (χ2n) is 2.87. The molecule has 22 heavy (non-hydrogen) atoms. The third-order valence-electron chi connectivity index (χ3n) is 0. The third-order valence-corrected chi connectivity index (χ3v) is 0. The summed E-state index contributed by atoms with van der Waals surface area (Å²) in [5.41, 5.74) is 0. The van der Waals surface area contributed by atoms with E-state index in [0.29, 0.717) is 0 Å². The van der Waals surface area contributed by atoms with E-state index in [1.165, 1.54) is 0 Å². The fraction of sp³-hybridized carbons (Fsp3) is 0. The molecule has 0 fully saturated rings. The van der Waals surface area contributed by atoms with Gasteiger partial charge in [-0.05, 0) is 0 Å². The molecule has 0 spiro atoms. The zero-order valence-corrected chi connectivity index (χ0v) is 15.5. The Hall–Kier alpha value is 0.948. The number of rotatable bonds is 0. The molecule has 0 aliphatic rings. The summed E-state index contributed by atoms with van der Waals surface area (Å²) in [4.78, 5) is 0. The van der Waals surface area contributed by atoms with Gasteiger partial charge in [-0.15, -0.1) is 0 Å². The molecule has 0 aliphatic carbocycles. The average Bonchev–Trinajstić information content (AvgIpc) is 1.19. The van der Waals surface area contributed by atoms with Crippen LogP contribution in [0, 0.1) is 0 Å². The molecule has 0 radical (unpaired) electrons. The molecule has 0 aromatic heterocycles. The zero-order valence-electron chi connectivity index (χ0n) is 8.72. The summed E-state index contributed by atoms with van der Waals surface area (Å²) in [7, 11) is 0. The minimum atomic E-state index is -11.1. The van der Waals surface area contributed by atoms with E-state index in [-0.39, 0.29) is 17.4 Å². The standard InChI is InChI=1S/Al.3AsF6/c;3*2-1(3,4,5,6)7/q+3;3*-1. The van der Waals surface area contributed by atoms with E-state index in [1.54, 1.807) is 0 Å². The Morgan fingerprint density at radius 2 is 0.227 bits per heavy atom. The molecule has 0 saturated carbocycles. The van der Waals surface area contributed by atoms with Gasteiger partial charge in [-0.25, -0.2) is 0 Å². The quantitative estimate of drug-likeness (QED) is 0.237. The maximum atomic E-state index is 9.91. The Morgan fingerprint density at radius 3 is 0.227 bits per heavy atom. The van der Waals surface area contributed by atoms with E-state index in [1.807, 2.05) is 0 Å². The van der Waals surface area contributed by atoms with Crippen molar-refractivity contribution in [2.45, 2.75) is 0 Å². The first-order valence-electron chi connectivity index (χ1n) is 3.04. The molecule has 0 heterocycles. The number of hydrogen-bond donors (Lipinski definition) is 0. The van der Waals surface area contributed by atoms with Crippen molar-refractivity contribution in [3.63, 3.8) is 0 Å². The first-order chi connectivity index (χ1) is 7.35. The fourth-order valence-electron chi connectivity index (χ4n) is 0. The Bertz CT molecular complexity index is 265. The Kier molecular flexibility index (Phi) is 6.38. The van der Waals surface area contributed by atoms with Crippen LogP contribution in [0.2, 0.25) is 0 Å². The van der Waals surface area contributed by atoms with Gasteiger partial charge in [-0.2, -0.15) is 0 Å². The van der Waals surface area contributed by atoms with Gasteiger partial charge in [0.05, 0.1) is 0 Å². The molecular weight excluding hydrogens is 594 g/mol. The summed E-state index contributed by atoms with van der Waals surface area (Å²) >= 11 is -33.2. The molecule has 0 aliphatic heterocycles. The monoisotopic (exact) mass is 594 g/mol. The van der Waals surface area contributed by atoms with Gasteiger partial charge in [0.15, 0.2) is 0 Å². The molecule has 0 saturated heterocycles. The van der Waals surface area contributed by atoms with Crippen LogP contribution in [0.15, 0.2) is 0 Å². The minimum absolute atomic E-state index is 0. The van der Waals surface area contributed by atoms with Crippen molar-refractivity contribution >= 4 is 59.9 Å². The van der Waals surface area contributed by atoms with Crippen LogP contribution in [0.4, 0.5) is 62.4 Å². The van der Waals surface area contributed by atoms with Gasteiger partial charge in [0, 0.05) is 0 Å². The number of hydrogen-bond acceptors (Lipinski definition) is 0. The predicted molar refractivity (Wildman–Crippen MR) is 43.0 cm³/mol. The predicted octanol–water partition coefficient (Wildman–Crippen LogP) is 6.04. The van der Waals surface area contributed by atoms with Crippen molar-refractivity contribution in [2.24, 2.45) is 0 Å². The van der Waals surface area contributed by atoms with E-state index in [9.17, 15) is 62.4 Å². The van der Waals surface area contributed by atoms with Crippen LogP contribution in [0.3, 0.4) is 0 Å². The average molecular weight is 594 g/mol. The molecule has 0 rings (SSSR count). The van der Waals surface area contributed by atoms with Gasteiger partial charge in [0.25, 0.3) is 0 Å². The van der Waals surface area contributed by atoms with Crippen molar-refractivity contribution in [2.75, 3.05) is 0 Å². The molecule has 0 atom stereocenters. The van der Waals surface area contributed by atoms with Gasteiger partial charge in [-0.1, -0.05) is 0 Å². The van der Waals surface area contributed by atoms with E-state index in [2.05, 4.69) is 0 Å². The molecule has 0 aromatic carbocycles. The van der Waals surface area contributed by atoms with Crippen molar-refractivity contribution < 1.29 is 62.4 Å². The van der Waals surface area contributed by atoms with Crippen LogP contribution < -0.4 is 0 Å². The normalized spacial score (nSPS) is 22.1. The second kappa shape index (κ2) is 4.56. The smallest absolute Gasteiger partial charge is 3.00 e. The Labute approximate surface area is 122 Å². The molecular formula is AlAs3F18. The topological polar surface area (TPSA) is 0 Å². The van der Waals surface area contributed by atoms with E-state index < -0.39 is 42.5 Å². The van der Waals surface area contributed by atoms with Crippen LogP contribution in [0.25, 0.3) is 0 Å². The molecule has 0 nitrogen and oxygen atoms in total. The van der Waals surface area contributed by atoms with Gasteiger partial charge in [-0.3, -0.25) is 0 Å². The maximum Gasteiger partial charge on any atom is 3.00 e. The van der Waals surface area contributed by atoms with Crippen molar-refractivity contribution in [3.8, 4) is 0 Å². The molecule has 0 N–H and O–H groups in total. The SMILES string of the molecule is F[As-](F)(F)(F)(F)F.F[As-](F)(F)(F)(F)F.F[As-](F)(F)(F)(F)F.[Al+3]. The van der Waals surface area contributed by atoms with Crippen LogP contribution >= 0.6 is 0 Å². The Morgan fingerprint density at radius 1 is 0.227 bits per heavy atom. The van der Waals surface area contributed by atoms with Crippen LogP contribution in [0.1, 0.15) is 0 Å². The third kappa shape index (κ3) is 9280. The summed E-state index contributed by atoms with van der Waals surface area (Å²) in [5, 5.41) is 0. The molecule has 0 bridgehead atoms. The van der Waals surface area contributed by atoms with Crippen molar-refractivity contribution in [1.29, 1.82) is 0 Å². The first-order valence-corrected chi connectivity index (χ1v) is 15.8. The summed E-state index contributed by atoms with van der Waals surface area (Å²) < 4.78 is 178. The molecule has 0 aromatic rings. The van der Waals surface area contributed by atoms with Crippen LogP contribution in [0.5, 0.6) is 0 Å². The Balaban J connectivity index is -0.000000108. The van der Waals surface area contributed by atoms with Gasteiger partial charge in [0.1, 0.15) is 0 Å². The fourth-order valence-corrected chi connectivity index (χ4v) is 0. The molecule has 22 heteroatoms. The van der Waals surface area contributed by atoms with E-state index in [4.69, 9.17) is 0 Å².